The molecule has 0 fully saturated rings. The quantitative estimate of drug-likeness (QED) is 0.425. The number of thiazole rings is 1. The SMILES string of the molecule is O=C(C=Cc1ccn(S(=O)(=O)c2ccc3ncsc3c2)c1)NO. The van der Waals surface area contributed by atoms with E-state index in [1.807, 2.05) is 0 Å². The van der Waals surface area contributed by atoms with Crippen LogP contribution in [-0.2, 0) is 14.8 Å². The second kappa shape index (κ2) is 5.95. The van der Waals surface area contributed by atoms with Crippen LogP contribution in [0.4, 0.5) is 0 Å². The van der Waals surface area contributed by atoms with Crippen LogP contribution in [0.5, 0.6) is 0 Å². The zero-order valence-corrected chi connectivity index (χ0v) is 13.2. The number of hydrogen-bond acceptors (Lipinski definition) is 6. The number of hydroxylamine groups is 1. The highest BCUT2D eigenvalue weighted by Crippen LogP contribution is 2.23. The fourth-order valence-electron chi connectivity index (χ4n) is 1.97. The van der Waals surface area contributed by atoms with Gasteiger partial charge in [-0.2, -0.15) is 0 Å². The summed E-state index contributed by atoms with van der Waals surface area (Å²) in [6, 6.07) is 6.29. The van der Waals surface area contributed by atoms with Crippen molar-refractivity contribution in [3.8, 4) is 0 Å². The molecule has 0 atom stereocenters. The van der Waals surface area contributed by atoms with Crippen molar-refractivity contribution in [3.63, 3.8) is 0 Å². The van der Waals surface area contributed by atoms with Gasteiger partial charge in [0.2, 0.25) is 0 Å². The summed E-state index contributed by atoms with van der Waals surface area (Å²) >= 11 is 1.37. The molecule has 0 aliphatic carbocycles. The molecule has 9 heteroatoms. The number of nitrogens with one attached hydrogen (secondary N) is 1. The Kier molecular flexibility index (Phi) is 3.99. The van der Waals surface area contributed by atoms with Crippen molar-refractivity contribution in [1.29, 1.82) is 0 Å². The fraction of sp³-hybridized carbons (Fsp3) is 0. The molecule has 0 saturated carbocycles. The van der Waals surface area contributed by atoms with Gasteiger partial charge in [0.1, 0.15) is 0 Å². The maximum atomic E-state index is 12.6. The molecule has 2 heterocycles. The lowest BCUT2D eigenvalue weighted by Crippen LogP contribution is -2.14. The monoisotopic (exact) mass is 349 g/mol. The molecule has 0 saturated heterocycles. The van der Waals surface area contributed by atoms with Gasteiger partial charge >= 0.3 is 0 Å². The highest BCUT2D eigenvalue weighted by Gasteiger charge is 2.17. The van der Waals surface area contributed by atoms with Crippen molar-refractivity contribution in [2.45, 2.75) is 4.90 Å². The molecule has 3 aromatic rings. The first-order valence-electron chi connectivity index (χ1n) is 6.40. The van der Waals surface area contributed by atoms with Gasteiger partial charge in [-0.1, -0.05) is 0 Å². The second-order valence-electron chi connectivity index (χ2n) is 4.57. The average molecular weight is 349 g/mol. The van der Waals surface area contributed by atoms with Crippen LogP contribution in [0, 0.1) is 0 Å². The third-order valence-corrected chi connectivity index (χ3v) is 5.53. The molecular weight excluding hydrogens is 338 g/mol. The number of carbonyl (C=O) groups is 1. The Bertz CT molecular complexity index is 1000. The molecule has 2 aromatic heterocycles. The highest BCUT2D eigenvalue weighted by atomic mass is 32.2. The minimum Gasteiger partial charge on any atom is -0.288 e. The van der Waals surface area contributed by atoms with Crippen LogP contribution in [0.15, 0.2) is 53.1 Å². The van der Waals surface area contributed by atoms with Gasteiger partial charge in [-0.25, -0.2) is 22.9 Å². The van der Waals surface area contributed by atoms with E-state index in [4.69, 9.17) is 5.21 Å². The largest absolute Gasteiger partial charge is 0.288 e. The number of carbonyl (C=O) groups excluding carboxylic acids is 1. The molecule has 0 radical (unpaired) electrons. The Balaban J connectivity index is 1.95. The number of aromatic nitrogens is 2. The predicted octanol–water partition coefficient (Wildman–Crippen LogP) is 1.85. The van der Waals surface area contributed by atoms with E-state index in [1.165, 1.54) is 41.4 Å². The molecule has 1 amide bonds. The van der Waals surface area contributed by atoms with Crippen LogP contribution in [0.2, 0.25) is 0 Å². The lowest BCUT2D eigenvalue weighted by atomic mass is 10.3. The zero-order valence-electron chi connectivity index (χ0n) is 11.6. The zero-order chi connectivity index (χ0) is 16.4. The molecular formula is C14H11N3O4S2. The summed E-state index contributed by atoms with van der Waals surface area (Å²) in [5, 5.41) is 8.41. The van der Waals surface area contributed by atoms with Crippen LogP contribution in [-0.4, -0.2) is 28.5 Å². The maximum absolute atomic E-state index is 12.6. The van der Waals surface area contributed by atoms with Gasteiger partial charge in [0.15, 0.2) is 0 Å². The summed E-state index contributed by atoms with van der Waals surface area (Å²) in [5.41, 5.74) is 4.38. The fourth-order valence-corrected chi connectivity index (χ4v) is 3.99. The van der Waals surface area contributed by atoms with Gasteiger partial charge in [0.25, 0.3) is 15.9 Å². The molecule has 0 aliphatic heterocycles. The molecule has 7 nitrogen and oxygen atoms in total. The van der Waals surface area contributed by atoms with Crippen LogP contribution < -0.4 is 5.48 Å². The molecule has 0 aliphatic rings. The van der Waals surface area contributed by atoms with E-state index >= 15 is 0 Å². The lowest BCUT2D eigenvalue weighted by Gasteiger charge is -2.05. The van der Waals surface area contributed by atoms with Gasteiger partial charge in [0, 0.05) is 18.5 Å². The van der Waals surface area contributed by atoms with E-state index in [1.54, 1.807) is 23.7 Å². The van der Waals surface area contributed by atoms with E-state index in [-0.39, 0.29) is 4.90 Å². The summed E-state index contributed by atoms with van der Waals surface area (Å²) in [4.78, 5) is 15.2. The summed E-state index contributed by atoms with van der Waals surface area (Å²) in [7, 11) is -3.72. The van der Waals surface area contributed by atoms with Crippen LogP contribution in [0.3, 0.4) is 0 Å². The Morgan fingerprint density at radius 3 is 2.96 bits per heavy atom. The molecule has 0 unspecified atom stereocenters. The summed E-state index contributed by atoms with van der Waals surface area (Å²) in [6.07, 6.45) is 5.26. The molecule has 3 rings (SSSR count). The van der Waals surface area contributed by atoms with Crippen molar-refractivity contribution in [2.75, 3.05) is 0 Å². The second-order valence-corrected chi connectivity index (χ2v) is 7.30. The predicted molar refractivity (Wildman–Crippen MR) is 85.6 cm³/mol. The third-order valence-electron chi connectivity index (χ3n) is 3.11. The lowest BCUT2D eigenvalue weighted by molar-refractivity contribution is -0.124. The first kappa shape index (κ1) is 15.4. The standard InChI is InChI=1S/C14H11N3O4S2/c18-14(16-19)4-1-10-5-6-17(8-10)23(20,21)11-2-3-12-13(7-11)22-9-15-12/h1-9,19H,(H,16,18). The first-order valence-corrected chi connectivity index (χ1v) is 8.71. The molecule has 2 N–H and O–H groups in total. The topological polar surface area (TPSA) is 101 Å². The Morgan fingerprint density at radius 1 is 1.35 bits per heavy atom. The maximum Gasteiger partial charge on any atom is 0.267 e. The van der Waals surface area contributed by atoms with Crippen molar-refractivity contribution in [2.24, 2.45) is 0 Å². The molecule has 118 valence electrons. The van der Waals surface area contributed by atoms with Gasteiger partial charge in [-0.3, -0.25) is 10.0 Å². The molecule has 1 aromatic carbocycles. The van der Waals surface area contributed by atoms with Crippen LogP contribution >= 0.6 is 11.3 Å². The molecule has 0 spiro atoms. The van der Waals surface area contributed by atoms with Crippen molar-refractivity contribution >= 4 is 43.6 Å². The van der Waals surface area contributed by atoms with E-state index in [0.717, 1.165) is 20.3 Å². The summed E-state index contributed by atoms with van der Waals surface area (Å²) in [6.45, 7) is 0. The summed E-state index contributed by atoms with van der Waals surface area (Å²) < 4.78 is 27.1. The first-order chi connectivity index (χ1) is 11.0. The number of amides is 1. The van der Waals surface area contributed by atoms with Gasteiger partial charge < -0.3 is 0 Å². The Morgan fingerprint density at radius 2 is 2.17 bits per heavy atom. The van der Waals surface area contributed by atoms with Gasteiger partial charge in [-0.15, -0.1) is 11.3 Å². The number of nitrogens with zero attached hydrogens (tertiary/aromatic N) is 2. The third kappa shape index (κ3) is 3.02. The molecule has 23 heavy (non-hydrogen) atoms. The van der Waals surface area contributed by atoms with Gasteiger partial charge in [0.05, 0.1) is 20.6 Å². The normalized spacial score (nSPS) is 12.0. The van der Waals surface area contributed by atoms with Crippen molar-refractivity contribution in [1.82, 2.24) is 14.4 Å². The van der Waals surface area contributed by atoms with E-state index < -0.39 is 15.9 Å². The van der Waals surface area contributed by atoms with E-state index in [0.29, 0.717) is 5.56 Å². The van der Waals surface area contributed by atoms with Crippen molar-refractivity contribution in [3.05, 3.63) is 53.8 Å². The minimum absolute atomic E-state index is 0.161. The Labute approximate surface area is 135 Å². The number of hydrogen-bond donors (Lipinski definition) is 2. The average Bonchev–Trinajstić information content (AvgIpc) is 3.20. The number of fused-ring (bicyclic) bond motifs is 1. The van der Waals surface area contributed by atoms with E-state index in [2.05, 4.69) is 4.98 Å². The smallest absolute Gasteiger partial charge is 0.267 e. The van der Waals surface area contributed by atoms with Crippen molar-refractivity contribution < 1.29 is 18.4 Å². The highest BCUT2D eigenvalue weighted by molar-refractivity contribution is 7.90. The molecule has 0 bridgehead atoms. The number of rotatable bonds is 4. The van der Waals surface area contributed by atoms with Crippen LogP contribution in [0.25, 0.3) is 16.3 Å². The van der Waals surface area contributed by atoms with Crippen LogP contribution in [0.1, 0.15) is 5.56 Å². The summed E-state index contributed by atoms with van der Waals surface area (Å²) in [5.74, 6) is -0.698. The number of benzene rings is 1. The van der Waals surface area contributed by atoms with Gasteiger partial charge in [-0.05, 0) is 35.9 Å². The Hall–Kier alpha value is -2.49. The van der Waals surface area contributed by atoms with E-state index in [9.17, 15) is 13.2 Å². The minimum atomic E-state index is -3.72.